The predicted molar refractivity (Wildman–Crippen MR) is 115 cm³/mol. The van der Waals surface area contributed by atoms with Crippen LogP contribution in [0.4, 0.5) is 0 Å². The van der Waals surface area contributed by atoms with Crippen molar-refractivity contribution in [3.8, 4) is 5.75 Å². The number of H-pyrrole nitrogens is 1. The van der Waals surface area contributed by atoms with Gasteiger partial charge < -0.3 is 9.72 Å². The maximum absolute atomic E-state index is 12.0. The lowest BCUT2D eigenvalue weighted by Crippen LogP contribution is -2.19. The fraction of sp³-hybridized carbons (Fsp3) is 0.167. The normalized spacial score (nSPS) is 11.1. The Morgan fingerprint density at radius 3 is 2.55 bits per heavy atom. The molecule has 29 heavy (non-hydrogen) atoms. The lowest BCUT2D eigenvalue weighted by Gasteiger charge is -2.20. The Balaban J connectivity index is 1.49. The average Bonchev–Trinajstić information content (AvgIpc) is 2.74. The van der Waals surface area contributed by atoms with Gasteiger partial charge in [0.15, 0.2) is 0 Å². The molecule has 2 aromatic heterocycles. The van der Waals surface area contributed by atoms with Crippen LogP contribution < -0.4 is 10.3 Å². The molecule has 4 rings (SSSR count). The number of aromatic nitrogens is 2. The van der Waals surface area contributed by atoms with Crippen molar-refractivity contribution in [2.75, 3.05) is 7.05 Å². The number of ether oxygens (including phenoxy) is 1. The van der Waals surface area contributed by atoms with E-state index < -0.39 is 0 Å². The molecule has 0 saturated heterocycles. The number of rotatable bonds is 7. The summed E-state index contributed by atoms with van der Waals surface area (Å²) in [4.78, 5) is 21.4. The fourth-order valence-corrected chi connectivity index (χ4v) is 3.46. The van der Waals surface area contributed by atoms with Crippen molar-refractivity contribution < 1.29 is 4.74 Å². The Morgan fingerprint density at radius 1 is 0.931 bits per heavy atom. The molecule has 5 heteroatoms. The Hall–Kier alpha value is -3.44. The van der Waals surface area contributed by atoms with Crippen molar-refractivity contribution >= 4 is 10.9 Å². The Kier molecular flexibility index (Phi) is 5.68. The second-order valence-corrected chi connectivity index (χ2v) is 7.09. The summed E-state index contributed by atoms with van der Waals surface area (Å²) in [5.74, 6) is 0.848. The summed E-state index contributed by atoms with van der Waals surface area (Å²) in [5.41, 5.74) is 3.79. The zero-order valence-corrected chi connectivity index (χ0v) is 16.3. The first-order valence-corrected chi connectivity index (χ1v) is 9.59. The van der Waals surface area contributed by atoms with Gasteiger partial charge in [-0.15, -0.1) is 0 Å². The molecule has 0 bridgehead atoms. The van der Waals surface area contributed by atoms with Crippen molar-refractivity contribution in [1.29, 1.82) is 0 Å². The van der Waals surface area contributed by atoms with E-state index in [1.807, 2.05) is 67.7 Å². The van der Waals surface area contributed by atoms with Crippen LogP contribution in [0.5, 0.6) is 5.75 Å². The number of pyridine rings is 2. The largest absolute Gasteiger partial charge is 0.487 e. The molecule has 146 valence electrons. The van der Waals surface area contributed by atoms with Crippen LogP contribution in [0.3, 0.4) is 0 Å². The SMILES string of the molecule is CN(Cc1ccccc1OCc1ccccn1)Cc1cc(=O)[nH]c2ccccc12. The van der Waals surface area contributed by atoms with E-state index in [9.17, 15) is 4.79 Å². The van der Waals surface area contributed by atoms with Crippen molar-refractivity contribution in [2.24, 2.45) is 0 Å². The van der Waals surface area contributed by atoms with Crippen LogP contribution >= 0.6 is 0 Å². The van der Waals surface area contributed by atoms with Gasteiger partial charge in [0.1, 0.15) is 12.4 Å². The Labute approximate surface area is 169 Å². The summed E-state index contributed by atoms with van der Waals surface area (Å²) < 4.78 is 6.02. The van der Waals surface area contributed by atoms with Gasteiger partial charge in [0, 0.05) is 41.8 Å². The minimum absolute atomic E-state index is 0.0776. The number of para-hydroxylation sites is 2. The molecule has 0 atom stereocenters. The van der Waals surface area contributed by atoms with E-state index in [4.69, 9.17) is 4.74 Å². The second kappa shape index (κ2) is 8.71. The minimum Gasteiger partial charge on any atom is -0.487 e. The molecule has 2 aromatic carbocycles. The van der Waals surface area contributed by atoms with Crippen LogP contribution in [-0.2, 0) is 19.7 Å². The average molecular weight is 385 g/mol. The molecule has 5 nitrogen and oxygen atoms in total. The topological polar surface area (TPSA) is 58.2 Å². The minimum atomic E-state index is -0.0776. The van der Waals surface area contributed by atoms with E-state index in [-0.39, 0.29) is 5.56 Å². The summed E-state index contributed by atoms with van der Waals surface area (Å²) in [6.45, 7) is 1.80. The number of benzene rings is 2. The van der Waals surface area contributed by atoms with Crippen LogP contribution in [0, 0.1) is 0 Å². The smallest absolute Gasteiger partial charge is 0.248 e. The van der Waals surface area contributed by atoms with Crippen molar-refractivity contribution in [2.45, 2.75) is 19.7 Å². The number of hydrogen-bond acceptors (Lipinski definition) is 4. The van der Waals surface area contributed by atoms with Gasteiger partial charge in [0.25, 0.3) is 0 Å². The molecule has 0 aliphatic rings. The summed E-state index contributed by atoms with van der Waals surface area (Å²) in [5, 5.41) is 1.07. The van der Waals surface area contributed by atoms with E-state index >= 15 is 0 Å². The van der Waals surface area contributed by atoms with Gasteiger partial charge in [-0.25, -0.2) is 0 Å². The zero-order valence-electron chi connectivity index (χ0n) is 16.3. The van der Waals surface area contributed by atoms with E-state index in [1.165, 1.54) is 0 Å². The molecule has 4 aromatic rings. The monoisotopic (exact) mass is 385 g/mol. The number of aromatic amines is 1. The maximum Gasteiger partial charge on any atom is 0.248 e. The number of nitrogens with zero attached hydrogens (tertiary/aromatic N) is 2. The summed E-state index contributed by atoms with van der Waals surface area (Å²) >= 11 is 0. The standard InChI is InChI=1S/C24H23N3O2/c1-27(16-19-14-24(28)26-22-11-4-3-10-21(19)22)15-18-8-2-5-12-23(18)29-17-20-9-6-7-13-25-20/h2-14H,15-17H2,1H3,(H,26,28). The van der Waals surface area contributed by atoms with Crippen LogP contribution in [0.15, 0.2) is 83.8 Å². The zero-order chi connectivity index (χ0) is 20.1. The number of fused-ring (bicyclic) bond motifs is 1. The highest BCUT2D eigenvalue weighted by Crippen LogP contribution is 2.22. The molecular weight excluding hydrogens is 362 g/mol. The Bertz CT molecular complexity index is 1160. The summed E-state index contributed by atoms with van der Waals surface area (Å²) in [6.07, 6.45) is 1.77. The lowest BCUT2D eigenvalue weighted by atomic mass is 10.1. The van der Waals surface area contributed by atoms with Crippen molar-refractivity contribution in [3.05, 3.63) is 106 Å². The van der Waals surface area contributed by atoms with Gasteiger partial charge >= 0.3 is 0 Å². The molecule has 0 radical (unpaired) electrons. The first kappa shape index (κ1) is 18.9. The first-order valence-electron chi connectivity index (χ1n) is 9.59. The first-order chi connectivity index (χ1) is 14.2. The molecular formula is C24H23N3O2. The van der Waals surface area contributed by atoms with Crippen molar-refractivity contribution in [3.63, 3.8) is 0 Å². The quantitative estimate of drug-likeness (QED) is 0.520. The van der Waals surface area contributed by atoms with Gasteiger partial charge in [-0.2, -0.15) is 0 Å². The summed E-state index contributed by atoms with van der Waals surface area (Å²) in [7, 11) is 2.05. The van der Waals surface area contributed by atoms with Gasteiger partial charge in [0.2, 0.25) is 5.56 Å². The fourth-order valence-electron chi connectivity index (χ4n) is 3.46. The molecule has 0 amide bonds. The maximum atomic E-state index is 12.0. The van der Waals surface area contributed by atoms with Gasteiger partial charge in [-0.1, -0.05) is 42.5 Å². The highest BCUT2D eigenvalue weighted by molar-refractivity contribution is 5.81. The van der Waals surface area contributed by atoms with E-state index in [0.29, 0.717) is 19.7 Å². The third-order valence-electron chi connectivity index (χ3n) is 4.79. The predicted octanol–water partition coefficient (Wildman–Crippen LogP) is 4.13. The van der Waals surface area contributed by atoms with Gasteiger partial charge in [0.05, 0.1) is 5.69 Å². The number of nitrogens with one attached hydrogen (secondary N) is 1. The third kappa shape index (κ3) is 4.70. The van der Waals surface area contributed by atoms with Crippen LogP contribution in [-0.4, -0.2) is 21.9 Å². The molecule has 1 N–H and O–H groups in total. The van der Waals surface area contributed by atoms with Crippen LogP contribution in [0.25, 0.3) is 10.9 Å². The second-order valence-electron chi connectivity index (χ2n) is 7.09. The molecule has 0 aliphatic carbocycles. The highest BCUT2D eigenvalue weighted by atomic mass is 16.5. The van der Waals surface area contributed by atoms with Gasteiger partial charge in [-0.05, 0) is 36.9 Å². The molecule has 0 unspecified atom stereocenters. The van der Waals surface area contributed by atoms with Crippen molar-refractivity contribution in [1.82, 2.24) is 14.9 Å². The lowest BCUT2D eigenvalue weighted by molar-refractivity contribution is 0.279. The molecule has 0 spiro atoms. The molecule has 2 heterocycles. The molecule has 0 aliphatic heterocycles. The highest BCUT2D eigenvalue weighted by Gasteiger charge is 2.10. The third-order valence-corrected chi connectivity index (χ3v) is 4.79. The summed E-state index contributed by atoms with van der Waals surface area (Å²) in [6, 6.07) is 23.4. The Morgan fingerprint density at radius 2 is 1.69 bits per heavy atom. The van der Waals surface area contributed by atoms with Crippen LogP contribution in [0.1, 0.15) is 16.8 Å². The van der Waals surface area contributed by atoms with Crippen LogP contribution in [0.2, 0.25) is 0 Å². The molecule has 0 fully saturated rings. The molecule has 0 saturated carbocycles. The van der Waals surface area contributed by atoms with E-state index in [1.54, 1.807) is 12.3 Å². The van der Waals surface area contributed by atoms with Gasteiger partial charge in [-0.3, -0.25) is 14.7 Å². The van der Waals surface area contributed by atoms with E-state index in [2.05, 4.69) is 20.9 Å². The number of hydrogen-bond donors (Lipinski definition) is 1. The van der Waals surface area contributed by atoms with E-state index in [0.717, 1.165) is 33.5 Å².